The molecule has 1 N–H and O–H groups in total. The zero-order valence-electron chi connectivity index (χ0n) is 15.9. The molecule has 0 aromatic carbocycles. The number of carbonyl (C=O) groups is 1. The lowest BCUT2D eigenvalue weighted by molar-refractivity contribution is 0.0124. The van der Waals surface area contributed by atoms with E-state index >= 15 is 0 Å². The molecule has 2 heterocycles. The Bertz CT molecular complexity index is 626. The first-order valence-electron chi connectivity index (χ1n) is 9.18. The lowest BCUT2D eigenvalue weighted by Gasteiger charge is -2.35. The van der Waals surface area contributed by atoms with Crippen LogP contribution in [-0.2, 0) is 16.0 Å². The summed E-state index contributed by atoms with van der Waals surface area (Å²) in [5.41, 5.74) is -0.00409. The number of ether oxygens (including phenoxy) is 2. The van der Waals surface area contributed by atoms with Crippen LogP contribution in [-0.4, -0.2) is 73.2 Å². The van der Waals surface area contributed by atoms with Crippen LogP contribution in [0.2, 0.25) is 0 Å². The number of amides is 1. The average Bonchev–Trinajstić information content (AvgIpc) is 2.64. The van der Waals surface area contributed by atoms with Gasteiger partial charge in [-0.1, -0.05) is 13.8 Å². The number of hydrogen-bond donors (Lipinski definition) is 1. The van der Waals surface area contributed by atoms with Gasteiger partial charge in [-0.25, -0.2) is 4.68 Å². The van der Waals surface area contributed by atoms with Crippen LogP contribution >= 0.6 is 0 Å². The molecule has 1 aliphatic heterocycles. The summed E-state index contributed by atoms with van der Waals surface area (Å²) in [5, 5.41) is 7.11. The number of nitrogens with zero attached hydrogens (tertiary/aromatic N) is 3. The zero-order valence-corrected chi connectivity index (χ0v) is 15.9. The van der Waals surface area contributed by atoms with E-state index in [0.29, 0.717) is 25.6 Å². The summed E-state index contributed by atoms with van der Waals surface area (Å²) in [6.45, 7) is 8.83. The number of morpholine rings is 1. The smallest absolute Gasteiger partial charge is 0.271 e. The summed E-state index contributed by atoms with van der Waals surface area (Å²) in [6.07, 6.45) is 1.00. The van der Waals surface area contributed by atoms with Gasteiger partial charge in [0.2, 0.25) is 0 Å². The molecule has 1 fully saturated rings. The van der Waals surface area contributed by atoms with Crippen molar-refractivity contribution in [2.45, 2.75) is 32.9 Å². The maximum absolute atomic E-state index is 12.5. The van der Waals surface area contributed by atoms with E-state index < -0.39 is 0 Å². The molecule has 0 radical (unpaired) electrons. The van der Waals surface area contributed by atoms with Gasteiger partial charge in [-0.3, -0.25) is 14.5 Å². The summed E-state index contributed by atoms with van der Waals surface area (Å²) in [4.78, 5) is 26.7. The van der Waals surface area contributed by atoms with Crippen molar-refractivity contribution in [1.29, 1.82) is 0 Å². The van der Waals surface area contributed by atoms with E-state index in [9.17, 15) is 9.59 Å². The summed E-state index contributed by atoms with van der Waals surface area (Å²) in [5.74, 6) is 0.270. The summed E-state index contributed by atoms with van der Waals surface area (Å²) >= 11 is 0. The van der Waals surface area contributed by atoms with Crippen molar-refractivity contribution >= 4 is 5.91 Å². The first kappa shape index (κ1) is 20.5. The van der Waals surface area contributed by atoms with E-state index in [4.69, 9.17) is 9.47 Å². The molecule has 1 aromatic rings. The summed E-state index contributed by atoms with van der Waals surface area (Å²) < 4.78 is 11.6. The van der Waals surface area contributed by atoms with E-state index in [1.165, 1.54) is 16.8 Å². The molecule has 0 bridgehead atoms. The average molecular weight is 366 g/mol. The van der Waals surface area contributed by atoms with Crippen LogP contribution in [0.1, 0.15) is 30.8 Å². The second-order valence-corrected chi connectivity index (χ2v) is 6.91. The fourth-order valence-corrected chi connectivity index (χ4v) is 3.06. The molecule has 1 amide bonds. The van der Waals surface area contributed by atoms with Gasteiger partial charge in [0.1, 0.15) is 5.69 Å². The predicted octanol–water partition coefficient (Wildman–Crippen LogP) is 0.366. The molecular formula is C18H30N4O4. The Morgan fingerprint density at radius 3 is 2.73 bits per heavy atom. The first-order chi connectivity index (χ1) is 12.5. The minimum Gasteiger partial charge on any atom is -0.383 e. The van der Waals surface area contributed by atoms with E-state index in [1.54, 1.807) is 7.11 Å². The summed E-state index contributed by atoms with van der Waals surface area (Å²) in [7, 11) is 1.56. The third-order valence-corrected chi connectivity index (χ3v) is 4.41. The van der Waals surface area contributed by atoms with E-state index in [1.807, 2.05) is 0 Å². The molecule has 1 saturated heterocycles. The number of hydrogen-bond acceptors (Lipinski definition) is 6. The van der Waals surface area contributed by atoms with Gasteiger partial charge in [-0.2, -0.15) is 5.10 Å². The number of rotatable bonds is 9. The number of nitrogens with one attached hydrogen (secondary N) is 1. The van der Waals surface area contributed by atoms with Crippen LogP contribution in [0.15, 0.2) is 16.9 Å². The van der Waals surface area contributed by atoms with Crippen molar-refractivity contribution in [3.63, 3.8) is 0 Å². The number of aromatic nitrogens is 2. The van der Waals surface area contributed by atoms with Crippen LogP contribution in [0.5, 0.6) is 0 Å². The number of carbonyl (C=O) groups excluding carboxylic acids is 1. The Morgan fingerprint density at radius 2 is 2.08 bits per heavy atom. The van der Waals surface area contributed by atoms with Crippen molar-refractivity contribution in [3.05, 3.63) is 28.2 Å². The molecule has 2 rings (SSSR count). The Hall–Kier alpha value is -1.77. The highest BCUT2D eigenvalue weighted by Gasteiger charge is 2.23. The maximum Gasteiger partial charge on any atom is 0.271 e. The van der Waals surface area contributed by atoms with Crippen LogP contribution < -0.4 is 10.9 Å². The fourth-order valence-electron chi connectivity index (χ4n) is 3.06. The molecule has 8 nitrogen and oxygen atoms in total. The molecule has 26 heavy (non-hydrogen) atoms. The SMILES string of the molecule is COCCn1nc(C(=O)NCC(CC(C)C)N2CCOCC2)ccc1=O. The second-order valence-electron chi connectivity index (χ2n) is 6.91. The van der Waals surface area contributed by atoms with Gasteiger partial charge in [0, 0.05) is 38.9 Å². The molecule has 8 heteroatoms. The Labute approximate surface area is 154 Å². The van der Waals surface area contributed by atoms with Gasteiger partial charge in [-0.15, -0.1) is 0 Å². The maximum atomic E-state index is 12.5. The van der Waals surface area contributed by atoms with Gasteiger partial charge in [-0.05, 0) is 18.4 Å². The zero-order chi connectivity index (χ0) is 18.9. The van der Waals surface area contributed by atoms with Gasteiger partial charge in [0.05, 0.1) is 26.4 Å². The minimum absolute atomic E-state index is 0.242. The third-order valence-electron chi connectivity index (χ3n) is 4.41. The lowest BCUT2D eigenvalue weighted by atomic mass is 10.0. The standard InChI is InChI=1S/C18H30N4O4/c1-14(2)12-15(21-6-10-26-11-7-21)13-19-18(24)16-4-5-17(23)22(20-16)8-9-25-3/h4-5,14-15H,6-13H2,1-3H3,(H,19,24). The quantitative estimate of drug-likeness (QED) is 0.679. The molecule has 0 aliphatic carbocycles. The normalized spacial score (nSPS) is 16.6. The second kappa shape index (κ2) is 10.4. The first-order valence-corrected chi connectivity index (χ1v) is 9.18. The van der Waals surface area contributed by atoms with Crippen molar-refractivity contribution in [2.24, 2.45) is 5.92 Å². The monoisotopic (exact) mass is 366 g/mol. The predicted molar refractivity (Wildman–Crippen MR) is 98.3 cm³/mol. The Morgan fingerprint density at radius 1 is 1.35 bits per heavy atom. The van der Waals surface area contributed by atoms with Crippen molar-refractivity contribution in [1.82, 2.24) is 20.0 Å². The molecule has 1 unspecified atom stereocenters. The van der Waals surface area contributed by atoms with Gasteiger partial charge >= 0.3 is 0 Å². The lowest BCUT2D eigenvalue weighted by Crippen LogP contribution is -2.49. The molecular weight excluding hydrogens is 336 g/mol. The van der Waals surface area contributed by atoms with Crippen LogP contribution in [0.3, 0.4) is 0 Å². The molecule has 146 valence electrons. The molecule has 1 aromatic heterocycles. The molecule has 1 aliphatic rings. The van der Waals surface area contributed by atoms with E-state index in [0.717, 1.165) is 32.7 Å². The largest absolute Gasteiger partial charge is 0.383 e. The van der Waals surface area contributed by atoms with Crippen molar-refractivity contribution in [2.75, 3.05) is 46.6 Å². The van der Waals surface area contributed by atoms with Crippen molar-refractivity contribution in [3.8, 4) is 0 Å². The minimum atomic E-state index is -0.266. The molecule has 0 spiro atoms. The highest BCUT2D eigenvalue weighted by atomic mass is 16.5. The van der Waals surface area contributed by atoms with Crippen molar-refractivity contribution < 1.29 is 14.3 Å². The van der Waals surface area contributed by atoms with Gasteiger partial charge < -0.3 is 14.8 Å². The number of methoxy groups -OCH3 is 1. The highest BCUT2D eigenvalue weighted by molar-refractivity contribution is 5.92. The highest BCUT2D eigenvalue weighted by Crippen LogP contribution is 2.13. The van der Waals surface area contributed by atoms with Gasteiger partial charge in [0.25, 0.3) is 11.5 Å². The molecule has 1 atom stereocenters. The molecule has 0 saturated carbocycles. The van der Waals surface area contributed by atoms with E-state index in [2.05, 4.69) is 29.2 Å². The summed E-state index contributed by atoms with van der Waals surface area (Å²) in [6, 6.07) is 3.10. The Balaban J connectivity index is 1.99. The van der Waals surface area contributed by atoms with Crippen LogP contribution in [0.4, 0.5) is 0 Å². The van der Waals surface area contributed by atoms with Gasteiger partial charge in [0.15, 0.2) is 0 Å². The fraction of sp³-hybridized carbons (Fsp3) is 0.722. The topological polar surface area (TPSA) is 85.7 Å². The van der Waals surface area contributed by atoms with E-state index in [-0.39, 0.29) is 23.2 Å². The third kappa shape index (κ3) is 6.19. The van der Waals surface area contributed by atoms with Crippen LogP contribution in [0, 0.1) is 5.92 Å². The van der Waals surface area contributed by atoms with Crippen LogP contribution in [0.25, 0.3) is 0 Å². The Kier molecular flexibility index (Phi) is 8.21.